The van der Waals surface area contributed by atoms with Crippen LogP contribution in [0.2, 0.25) is 0 Å². The molecule has 0 bridgehead atoms. The van der Waals surface area contributed by atoms with E-state index in [1.165, 1.54) is 0 Å². The first-order valence-electron chi connectivity index (χ1n) is 5.95. The summed E-state index contributed by atoms with van der Waals surface area (Å²) in [6.45, 7) is 3.38. The molecule has 0 unspecified atom stereocenters. The number of benzene rings is 1. The van der Waals surface area contributed by atoms with Crippen molar-refractivity contribution in [3.8, 4) is 5.75 Å². The zero-order valence-corrected chi connectivity index (χ0v) is 13.7. The largest absolute Gasteiger partial charge is 0.496 e. The van der Waals surface area contributed by atoms with Crippen LogP contribution in [0.5, 0.6) is 5.75 Å². The van der Waals surface area contributed by atoms with Crippen LogP contribution in [0, 0.1) is 0 Å². The highest BCUT2D eigenvalue weighted by molar-refractivity contribution is 9.10. The summed E-state index contributed by atoms with van der Waals surface area (Å²) in [7, 11) is 3.31. The van der Waals surface area contributed by atoms with Crippen LogP contribution in [0.15, 0.2) is 22.7 Å². The molecule has 0 amide bonds. The lowest BCUT2D eigenvalue weighted by Crippen LogP contribution is -2.38. The molecule has 0 heterocycles. The minimum Gasteiger partial charge on any atom is -0.496 e. The first-order valence-corrected chi connectivity index (χ1v) is 7.15. The minimum absolute atomic E-state index is 0.116. The third-order valence-electron chi connectivity index (χ3n) is 2.62. The molecule has 1 rings (SSSR count). The van der Waals surface area contributed by atoms with Gasteiger partial charge in [0, 0.05) is 13.7 Å². The van der Waals surface area contributed by atoms with Gasteiger partial charge in [0.25, 0.3) is 0 Å². The lowest BCUT2D eigenvalue weighted by molar-refractivity contribution is 0.204. The molecule has 1 aromatic carbocycles. The fraction of sp³-hybridized carbons (Fsp3) is 0.462. The molecular weight excluding hydrogens is 328 g/mol. The Labute approximate surface area is 128 Å². The van der Waals surface area contributed by atoms with Crippen molar-refractivity contribution in [1.29, 1.82) is 0 Å². The highest BCUT2D eigenvalue weighted by atomic mass is 79.9. The molecule has 0 aliphatic rings. The van der Waals surface area contributed by atoms with Gasteiger partial charge in [0.05, 0.1) is 24.2 Å². The Balaban J connectivity index is 2.55. The Hall–Kier alpha value is -0.850. The summed E-state index contributed by atoms with van der Waals surface area (Å²) in [4.78, 5) is 0. The first kappa shape index (κ1) is 16.2. The number of thiocarbonyl (C=S) groups is 1. The van der Waals surface area contributed by atoms with Gasteiger partial charge >= 0.3 is 0 Å². The topological polar surface area (TPSA) is 42.5 Å². The van der Waals surface area contributed by atoms with E-state index >= 15 is 0 Å². The smallest absolute Gasteiger partial charge is 0.166 e. The molecule has 1 aromatic rings. The fourth-order valence-electron chi connectivity index (χ4n) is 1.55. The average molecular weight is 347 g/mol. The highest BCUT2D eigenvalue weighted by Crippen LogP contribution is 2.27. The number of nitrogens with one attached hydrogen (secondary N) is 2. The maximum absolute atomic E-state index is 5.21. The molecule has 4 nitrogen and oxygen atoms in total. The van der Waals surface area contributed by atoms with Crippen LogP contribution in [0.4, 0.5) is 0 Å². The maximum Gasteiger partial charge on any atom is 0.166 e. The predicted octanol–water partition coefficient (Wildman–Crippen LogP) is 2.63. The van der Waals surface area contributed by atoms with Crippen molar-refractivity contribution in [1.82, 2.24) is 10.6 Å². The standard InChI is InChI=1S/C13H19BrN2O2S/c1-9(16-13(19)15-6-7-17-2)10-4-5-12(18-3)11(14)8-10/h4-5,8-9H,6-7H2,1-3H3,(H2,15,16,19)/t9-/m0/s1. The SMILES string of the molecule is COCCNC(=S)N[C@@H](C)c1ccc(OC)c(Br)c1. The maximum atomic E-state index is 5.21. The highest BCUT2D eigenvalue weighted by Gasteiger charge is 2.09. The first-order chi connectivity index (χ1) is 9.08. The molecule has 0 radical (unpaired) electrons. The quantitative estimate of drug-likeness (QED) is 0.612. The normalized spacial score (nSPS) is 11.8. The molecule has 0 aliphatic heterocycles. The van der Waals surface area contributed by atoms with Crippen molar-refractivity contribution in [2.24, 2.45) is 0 Å². The Morgan fingerprint density at radius 2 is 2.16 bits per heavy atom. The number of ether oxygens (including phenoxy) is 2. The Morgan fingerprint density at radius 3 is 2.74 bits per heavy atom. The monoisotopic (exact) mass is 346 g/mol. The third-order valence-corrected chi connectivity index (χ3v) is 3.50. The summed E-state index contributed by atoms with van der Waals surface area (Å²) < 4.78 is 11.1. The van der Waals surface area contributed by atoms with Gasteiger partial charge < -0.3 is 20.1 Å². The fourth-order valence-corrected chi connectivity index (χ4v) is 2.39. The van der Waals surface area contributed by atoms with Crippen molar-refractivity contribution < 1.29 is 9.47 Å². The number of hydrogen-bond acceptors (Lipinski definition) is 3. The molecule has 106 valence electrons. The van der Waals surface area contributed by atoms with Gasteiger partial charge in [0.2, 0.25) is 0 Å². The van der Waals surface area contributed by atoms with E-state index in [1.54, 1.807) is 14.2 Å². The van der Waals surface area contributed by atoms with Crippen LogP contribution in [-0.2, 0) is 4.74 Å². The van der Waals surface area contributed by atoms with Crippen LogP contribution >= 0.6 is 28.1 Å². The van der Waals surface area contributed by atoms with Crippen molar-refractivity contribution in [2.45, 2.75) is 13.0 Å². The zero-order valence-electron chi connectivity index (χ0n) is 11.3. The average Bonchev–Trinajstić information content (AvgIpc) is 2.38. The minimum atomic E-state index is 0.116. The van der Waals surface area contributed by atoms with Crippen molar-refractivity contribution >= 4 is 33.3 Å². The second-order valence-electron chi connectivity index (χ2n) is 4.01. The van der Waals surface area contributed by atoms with Gasteiger partial charge in [0.15, 0.2) is 5.11 Å². The van der Waals surface area contributed by atoms with E-state index in [1.807, 2.05) is 18.2 Å². The van der Waals surface area contributed by atoms with E-state index in [0.29, 0.717) is 18.3 Å². The molecule has 0 saturated heterocycles. The Morgan fingerprint density at radius 1 is 1.42 bits per heavy atom. The molecule has 6 heteroatoms. The third kappa shape index (κ3) is 5.34. The van der Waals surface area contributed by atoms with Gasteiger partial charge in [-0.1, -0.05) is 6.07 Å². The summed E-state index contributed by atoms with van der Waals surface area (Å²) in [6.07, 6.45) is 0. The van der Waals surface area contributed by atoms with Crippen molar-refractivity contribution in [2.75, 3.05) is 27.4 Å². The molecule has 1 atom stereocenters. The van der Waals surface area contributed by atoms with Crippen LogP contribution in [-0.4, -0.2) is 32.5 Å². The lowest BCUT2D eigenvalue weighted by Gasteiger charge is -2.18. The Kier molecular flexibility index (Phi) is 7.12. The summed E-state index contributed by atoms with van der Waals surface area (Å²) >= 11 is 8.69. The summed E-state index contributed by atoms with van der Waals surface area (Å²) in [6, 6.07) is 6.08. The summed E-state index contributed by atoms with van der Waals surface area (Å²) in [5.74, 6) is 0.816. The van der Waals surface area contributed by atoms with Crippen LogP contribution < -0.4 is 15.4 Å². The predicted molar refractivity (Wildman–Crippen MR) is 84.7 cm³/mol. The van der Waals surface area contributed by atoms with E-state index in [9.17, 15) is 0 Å². The van der Waals surface area contributed by atoms with Crippen molar-refractivity contribution in [3.63, 3.8) is 0 Å². The molecular formula is C13H19BrN2O2S. The van der Waals surface area contributed by atoms with Crippen LogP contribution in [0.25, 0.3) is 0 Å². The molecule has 0 fully saturated rings. The molecule has 0 saturated carbocycles. The van der Waals surface area contributed by atoms with Gasteiger partial charge in [-0.05, 0) is 52.8 Å². The van der Waals surface area contributed by atoms with Crippen LogP contribution in [0.3, 0.4) is 0 Å². The molecule has 19 heavy (non-hydrogen) atoms. The van der Waals surface area contributed by atoms with E-state index in [2.05, 4.69) is 33.5 Å². The Bertz CT molecular complexity index is 429. The van der Waals surface area contributed by atoms with Crippen molar-refractivity contribution in [3.05, 3.63) is 28.2 Å². The zero-order chi connectivity index (χ0) is 14.3. The van der Waals surface area contributed by atoms with Gasteiger partial charge in [-0.15, -0.1) is 0 Å². The van der Waals surface area contributed by atoms with E-state index in [-0.39, 0.29) is 6.04 Å². The van der Waals surface area contributed by atoms with Crippen LogP contribution in [0.1, 0.15) is 18.5 Å². The molecule has 0 spiro atoms. The second-order valence-corrected chi connectivity index (χ2v) is 5.27. The van der Waals surface area contributed by atoms with Gasteiger partial charge in [-0.25, -0.2) is 0 Å². The van der Waals surface area contributed by atoms with E-state index < -0.39 is 0 Å². The van der Waals surface area contributed by atoms with E-state index in [0.717, 1.165) is 15.8 Å². The van der Waals surface area contributed by atoms with Gasteiger partial charge in [-0.2, -0.15) is 0 Å². The van der Waals surface area contributed by atoms with E-state index in [4.69, 9.17) is 21.7 Å². The second kappa shape index (κ2) is 8.35. The summed E-state index contributed by atoms with van der Waals surface area (Å²) in [5, 5.41) is 6.92. The lowest BCUT2D eigenvalue weighted by atomic mass is 10.1. The van der Waals surface area contributed by atoms with Gasteiger partial charge in [0.1, 0.15) is 5.75 Å². The molecule has 2 N–H and O–H groups in total. The van der Waals surface area contributed by atoms with Gasteiger partial charge in [-0.3, -0.25) is 0 Å². The number of hydrogen-bond donors (Lipinski definition) is 2. The number of halogens is 1. The number of methoxy groups -OCH3 is 2. The number of rotatable bonds is 6. The molecule has 0 aromatic heterocycles. The molecule has 0 aliphatic carbocycles. The summed E-state index contributed by atoms with van der Waals surface area (Å²) in [5.41, 5.74) is 1.13.